The maximum absolute atomic E-state index is 6.29. The number of aryl methyl sites for hydroxylation is 1. The second kappa shape index (κ2) is 10.0. The van der Waals surface area contributed by atoms with Crippen LogP contribution in [0.25, 0.3) is 10.8 Å². The third-order valence-corrected chi connectivity index (χ3v) is 5.94. The van der Waals surface area contributed by atoms with E-state index in [2.05, 4.69) is 53.9 Å². The van der Waals surface area contributed by atoms with Crippen LogP contribution >= 0.6 is 11.6 Å². The Kier molecular flexibility index (Phi) is 6.51. The number of nitrogens with one attached hydrogen (secondary N) is 2. The minimum Gasteiger partial charge on any atom is -0.378 e. The first-order chi connectivity index (χ1) is 16.7. The second-order valence-corrected chi connectivity index (χ2v) is 8.32. The number of morpholine rings is 1. The molecule has 1 aromatic heterocycles. The second-order valence-electron chi connectivity index (χ2n) is 7.91. The molecule has 0 unspecified atom stereocenters. The molecule has 4 aromatic rings. The Bertz CT molecular complexity index is 1330. The van der Waals surface area contributed by atoms with Crippen molar-refractivity contribution < 1.29 is 4.74 Å². The number of anilines is 4. The van der Waals surface area contributed by atoms with Crippen molar-refractivity contribution in [3.8, 4) is 0 Å². The molecule has 0 radical (unpaired) electrons. The molecule has 8 nitrogen and oxygen atoms in total. The zero-order valence-corrected chi connectivity index (χ0v) is 19.5. The summed E-state index contributed by atoms with van der Waals surface area (Å²) in [5.41, 5.74) is 5.76. The Hall–Kier alpha value is -3.75. The van der Waals surface area contributed by atoms with Crippen LogP contribution in [0, 0.1) is 6.92 Å². The number of fused-ring (bicyclic) bond motifs is 1. The fourth-order valence-electron chi connectivity index (χ4n) is 3.70. The Labute approximate surface area is 202 Å². The highest BCUT2D eigenvalue weighted by molar-refractivity contribution is 6.31. The summed E-state index contributed by atoms with van der Waals surface area (Å²) in [4.78, 5) is 15.8. The maximum atomic E-state index is 6.29. The molecule has 34 heavy (non-hydrogen) atoms. The first-order valence-corrected chi connectivity index (χ1v) is 11.4. The summed E-state index contributed by atoms with van der Waals surface area (Å²) >= 11 is 6.29. The number of nitrogens with zero attached hydrogens (tertiary/aromatic N) is 5. The molecule has 1 aliphatic heterocycles. The summed E-state index contributed by atoms with van der Waals surface area (Å²) < 4.78 is 5.47. The van der Waals surface area contributed by atoms with Gasteiger partial charge in [0, 0.05) is 29.4 Å². The highest BCUT2D eigenvalue weighted by atomic mass is 35.5. The Morgan fingerprint density at radius 1 is 0.971 bits per heavy atom. The molecule has 0 spiro atoms. The number of benzene rings is 3. The van der Waals surface area contributed by atoms with Crippen LogP contribution in [0.5, 0.6) is 0 Å². The number of hydrogen-bond donors (Lipinski definition) is 2. The molecule has 2 heterocycles. The quantitative estimate of drug-likeness (QED) is 0.300. The predicted molar refractivity (Wildman–Crippen MR) is 137 cm³/mol. The average molecular weight is 474 g/mol. The highest BCUT2D eigenvalue weighted by Crippen LogP contribution is 2.23. The van der Waals surface area contributed by atoms with Crippen LogP contribution in [0.15, 0.2) is 65.8 Å². The zero-order chi connectivity index (χ0) is 23.3. The monoisotopic (exact) mass is 473 g/mol. The summed E-state index contributed by atoms with van der Waals surface area (Å²) in [5.74, 6) is 1.30. The lowest BCUT2D eigenvalue weighted by molar-refractivity contribution is 0.122. The van der Waals surface area contributed by atoms with Gasteiger partial charge in [0.2, 0.25) is 17.8 Å². The molecule has 1 fully saturated rings. The number of rotatable bonds is 6. The van der Waals surface area contributed by atoms with Gasteiger partial charge in [0.1, 0.15) is 0 Å². The molecule has 1 aliphatic rings. The molecule has 0 aliphatic carbocycles. The lowest BCUT2D eigenvalue weighted by atomic mass is 10.1. The number of ether oxygens (including phenoxy) is 1. The summed E-state index contributed by atoms with van der Waals surface area (Å²) in [7, 11) is 0. The van der Waals surface area contributed by atoms with E-state index in [1.54, 1.807) is 6.21 Å². The topological polar surface area (TPSA) is 87.6 Å². The SMILES string of the molecule is Cc1ccc(Nc2nc(NN=Cc3cccc4ccccc34)nc(N3CCOCC3)n2)cc1Cl. The van der Waals surface area contributed by atoms with Crippen LogP contribution in [0.2, 0.25) is 5.02 Å². The van der Waals surface area contributed by atoms with Crippen LogP contribution in [0.3, 0.4) is 0 Å². The van der Waals surface area contributed by atoms with Gasteiger partial charge in [-0.05, 0) is 35.4 Å². The van der Waals surface area contributed by atoms with Crippen molar-refractivity contribution in [2.75, 3.05) is 41.9 Å². The van der Waals surface area contributed by atoms with Gasteiger partial charge in [-0.3, -0.25) is 0 Å². The number of halogens is 1. The van der Waals surface area contributed by atoms with E-state index in [-0.39, 0.29) is 0 Å². The van der Waals surface area contributed by atoms with Crippen LogP contribution in [0.4, 0.5) is 23.5 Å². The third kappa shape index (κ3) is 5.08. The van der Waals surface area contributed by atoms with Crippen LogP contribution in [-0.4, -0.2) is 47.5 Å². The molecular formula is C25H24ClN7O. The smallest absolute Gasteiger partial charge is 0.250 e. The molecule has 0 atom stereocenters. The van der Waals surface area contributed by atoms with Gasteiger partial charge in [0.05, 0.1) is 19.4 Å². The van der Waals surface area contributed by atoms with Crippen LogP contribution < -0.4 is 15.6 Å². The number of hydrogen-bond acceptors (Lipinski definition) is 8. The summed E-state index contributed by atoms with van der Waals surface area (Å²) in [6, 6.07) is 20.0. The van der Waals surface area contributed by atoms with E-state index >= 15 is 0 Å². The van der Waals surface area contributed by atoms with Gasteiger partial charge in [-0.25, -0.2) is 5.43 Å². The van der Waals surface area contributed by atoms with Crippen molar-refractivity contribution in [1.29, 1.82) is 0 Å². The van der Waals surface area contributed by atoms with Crippen LogP contribution in [0.1, 0.15) is 11.1 Å². The normalized spacial score (nSPS) is 14.0. The van der Waals surface area contributed by atoms with Gasteiger partial charge < -0.3 is 15.0 Å². The van der Waals surface area contributed by atoms with E-state index < -0.39 is 0 Å². The van der Waals surface area contributed by atoms with E-state index in [0.717, 1.165) is 27.6 Å². The van der Waals surface area contributed by atoms with Gasteiger partial charge in [0.15, 0.2) is 0 Å². The largest absolute Gasteiger partial charge is 0.378 e. The van der Waals surface area contributed by atoms with Crippen molar-refractivity contribution in [3.05, 3.63) is 76.8 Å². The molecule has 0 amide bonds. The van der Waals surface area contributed by atoms with Crippen molar-refractivity contribution in [3.63, 3.8) is 0 Å². The Morgan fingerprint density at radius 3 is 2.62 bits per heavy atom. The molecule has 2 N–H and O–H groups in total. The zero-order valence-electron chi connectivity index (χ0n) is 18.7. The van der Waals surface area contributed by atoms with Crippen molar-refractivity contribution in [1.82, 2.24) is 15.0 Å². The molecule has 0 bridgehead atoms. The summed E-state index contributed by atoms with van der Waals surface area (Å²) in [6.45, 7) is 4.63. The van der Waals surface area contributed by atoms with E-state index in [0.29, 0.717) is 49.2 Å². The highest BCUT2D eigenvalue weighted by Gasteiger charge is 2.17. The van der Waals surface area contributed by atoms with Crippen molar-refractivity contribution >= 4 is 52.1 Å². The molecule has 5 rings (SSSR count). The molecule has 1 saturated heterocycles. The Morgan fingerprint density at radius 2 is 1.76 bits per heavy atom. The van der Waals surface area contributed by atoms with E-state index in [4.69, 9.17) is 16.3 Å². The fourth-order valence-corrected chi connectivity index (χ4v) is 3.88. The lowest BCUT2D eigenvalue weighted by Gasteiger charge is -2.27. The first-order valence-electron chi connectivity index (χ1n) is 11.0. The van der Waals surface area contributed by atoms with Gasteiger partial charge in [-0.15, -0.1) is 0 Å². The van der Waals surface area contributed by atoms with Crippen molar-refractivity contribution in [2.24, 2.45) is 5.10 Å². The lowest BCUT2D eigenvalue weighted by Crippen LogP contribution is -2.37. The summed E-state index contributed by atoms with van der Waals surface area (Å²) in [6.07, 6.45) is 1.77. The minimum absolute atomic E-state index is 0.341. The van der Waals surface area contributed by atoms with Crippen LogP contribution in [-0.2, 0) is 4.74 Å². The molecule has 9 heteroatoms. The minimum atomic E-state index is 0.341. The van der Waals surface area contributed by atoms with Crippen molar-refractivity contribution in [2.45, 2.75) is 6.92 Å². The average Bonchev–Trinajstić information content (AvgIpc) is 2.87. The standard InChI is InChI=1S/C25H24ClN7O/c1-17-9-10-20(15-22(17)26)28-23-29-24(31-25(30-23)33-11-13-34-14-12-33)32-27-16-19-7-4-6-18-5-2-3-8-21(18)19/h2-10,15-16H,11-14H2,1H3,(H2,28,29,30,31,32). The Balaban J connectivity index is 1.42. The van der Waals surface area contributed by atoms with Gasteiger partial charge >= 0.3 is 0 Å². The molecule has 0 saturated carbocycles. The van der Waals surface area contributed by atoms with Gasteiger partial charge in [0.25, 0.3) is 0 Å². The number of hydrazone groups is 1. The fraction of sp³-hybridized carbons (Fsp3) is 0.200. The third-order valence-electron chi connectivity index (χ3n) is 5.54. The van der Waals surface area contributed by atoms with Gasteiger partial charge in [-0.1, -0.05) is 60.1 Å². The number of aromatic nitrogens is 3. The van der Waals surface area contributed by atoms with E-state index in [1.165, 1.54) is 0 Å². The van der Waals surface area contributed by atoms with E-state index in [9.17, 15) is 0 Å². The molecule has 3 aromatic carbocycles. The first kappa shape index (κ1) is 22.1. The maximum Gasteiger partial charge on any atom is 0.250 e. The predicted octanol–water partition coefficient (Wildman–Crippen LogP) is 5.01. The molecular weight excluding hydrogens is 450 g/mol. The van der Waals surface area contributed by atoms with E-state index in [1.807, 2.05) is 49.4 Å². The summed E-state index contributed by atoms with van der Waals surface area (Å²) in [5, 5.41) is 10.6. The molecule has 172 valence electrons. The van der Waals surface area contributed by atoms with Gasteiger partial charge in [-0.2, -0.15) is 20.1 Å².